The Balaban J connectivity index is 1.79. The summed E-state index contributed by atoms with van der Waals surface area (Å²) in [5.41, 5.74) is 7.61. The molecule has 1 aromatic rings. The third-order valence-corrected chi connectivity index (χ3v) is 4.36. The van der Waals surface area contributed by atoms with Crippen LogP contribution < -0.4 is 5.73 Å². The summed E-state index contributed by atoms with van der Waals surface area (Å²) in [6.07, 6.45) is 12.0. The fourth-order valence-electron chi connectivity index (χ4n) is 2.93. The lowest BCUT2D eigenvalue weighted by Gasteiger charge is -2.31. The molecule has 2 aliphatic rings. The molecule has 0 spiro atoms. The molecule has 0 amide bonds. The van der Waals surface area contributed by atoms with E-state index in [4.69, 9.17) is 5.73 Å². The molecule has 1 heterocycles. The summed E-state index contributed by atoms with van der Waals surface area (Å²) in [5.74, 6) is 1.77. The first-order chi connectivity index (χ1) is 7.78. The maximum absolute atomic E-state index is 6.46. The molecule has 1 aromatic heterocycles. The van der Waals surface area contributed by atoms with Crippen molar-refractivity contribution in [1.29, 1.82) is 0 Å². The summed E-state index contributed by atoms with van der Waals surface area (Å²) in [5, 5.41) is 0. The van der Waals surface area contributed by atoms with Gasteiger partial charge in [-0.1, -0.05) is 25.7 Å². The molecule has 3 nitrogen and oxygen atoms in total. The molecule has 2 fully saturated rings. The summed E-state index contributed by atoms with van der Waals surface area (Å²) in [7, 11) is 0. The molecule has 88 valence electrons. The summed E-state index contributed by atoms with van der Waals surface area (Å²) in [6, 6.07) is 0. The number of hydrogen-bond donors (Lipinski definition) is 2. The van der Waals surface area contributed by atoms with Crippen molar-refractivity contribution in [2.45, 2.75) is 62.8 Å². The third-order valence-electron chi connectivity index (χ3n) is 4.36. The van der Waals surface area contributed by atoms with E-state index >= 15 is 0 Å². The first kappa shape index (κ1) is 10.3. The predicted octanol–water partition coefficient (Wildman–Crippen LogP) is 2.80. The van der Waals surface area contributed by atoms with E-state index in [1.54, 1.807) is 0 Å². The number of aromatic amines is 1. The van der Waals surface area contributed by atoms with Crippen LogP contribution in [0.3, 0.4) is 0 Å². The van der Waals surface area contributed by atoms with E-state index in [9.17, 15) is 0 Å². The SMILES string of the molecule is NC1(c2ncc(C3CCC3)[nH]2)CCCCC1. The van der Waals surface area contributed by atoms with Crippen LogP contribution in [0.5, 0.6) is 0 Å². The van der Waals surface area contributed by atoms with Gasteiger partial charge in [-0.15, -0.1) is 0 Å². The topological polar surface area (TPSA) is 54.7 Å². The first-order valence-corrected chi connectivity index (χ1v) is 6.62. The van der Waals surface area contributed by atoms with Gasteiger partial charge in [0.1, 0.15) is 5.82 Å². The Morgan fingerprint density at radius 3 is 2.56 bits per heavy atom. The summed E-state index contributed by atoms with van der Waals surface area (Å²) >= 11 is 0. The number of aromatic nitrogens is 2. The van der Waals surface area contributed by atoms with Gasteiger partial charge in [0.2, 0.25) is 0 Å². The molecule has 3 heteroatoms. The Labute approximate surface area is 96.8 Å². The van der Waals surface area contributed by atoms with E-state index in [0.717, 1.165) is 24.6 Å². The van der Waals surface area contributed by atoms with Gasteiger partial charge in [0, 0.05) is 17.8 Å². The molecular formula is C13H21N3. The molecule has 0 bridgehead atoms. The molecule has 16 heavy (non-hydrogen) atoms. The van der Waals surface area contributed by atoms with Crippen LogP contribution in [0, 0.1) is 0 Å². The number of imidazole rings is 1. The lowest BCUT2D eigenvalue weighted by atomic mass is 9.81. The fraction of sp³-hybridized carbons (Fsp3) is 0.769. The van der Waals surface area contributed by atoms with E-state index < -0.39 is 0 Å². The first-order valence-electron chi connectivity index (χ1n) is 6.62. The molecule has 0 unspecified atom stereocenters. The van der Waals surface area contributed by atoms with Crippen molar-refractivity contribution in [2.24, 2.45) is 5.73 Å². The molecule has 2 saturated carbocycles. The number of nitrogens with two attached hydrogens (primary N) is 1. The van der Waals surface area contributed by atoms with Gasteiger partial charge in [-0.05, 0) is 25.7 Å². The number of hydrogen-bond acceptors (Lipinski definition) is 2. The van der Waals surface area contributed by atoms with Crippen molar-refractivity contribution in [1.82, 2.24) is 9.97 Å². The fourth-order valence-corrected chi connectivity index (χ4v) is 2.93. The van der Waals surface area contributed by atoms with E-state index in [-0.39, 0.29) is 5.54 Å². The van der Waals surface area contributed by atoms with Gasteiger partial charge in [-0.3, -0.25) is 0 Å². The molecular weight excluding hydrogens is 198 g/mol. The Kier molecular flexibility index (Phi) is 2.51. The maximum Gasteiger partial charge on any atom is 0.126 e. The van der Waals surface area contributed by atoms with Crippen LogP contribution in [-0.4, -0.2) is 9.97 Å². The Morgan fingerprint density at radius 2 is 1.94 bits per heavy atom. The predicted molar refractivity (Wildman–Crippen MR) is 64.1 cm³/mol. The van der Waals surface area contributed by atoms with E-state index in [1.807, 2.05) is 6.20 Å². The number of nitrogens with zero attached hydrogens (tertiary/aromatic N) is 1. The normalized spacial score (nSPS) is 25.3. The zero-order chi connectivity index (χ0) is 11.0. The molecule has 0 aromatic carbocycles. The molecule has 0 radical (unpaired) electrons. The highest BCUT2D eigenvalue weighted by molar-refractivity contribution is 5.16. The number of H-pyrrole nitrogens is 1. The minimum Gasteiger partial charge on any atom is -0.344 e. The van der Waals surface area contributed by atoms with Crippen molar-refractivity contribution in [3.63, 3.8) is 0 Å². The average Bonchev–Trinajstić information content (AvgIpc) is 2.66. The Bertz CT molecular complexity index is 359. The zero-order valence-electron chi connectivity index (χ0n) is 9.84. The lowest BCUT2D eigenvalue weighted by molar-refractivity contribution is 0.288. The molecule has 0 atom stereocenters. The van der Waals surface area contributed by atoms with Crippen LogP contribution >= 0.6 is 0 Å². The van der Waals surface area contributed by atoms with Crippen molar-refractivity contribution in [2.75, 3.05) is 0 Å². The third kappa shape index (κ3) is 1.67. The van der Waals surface area contributed by atoms with Gasteiger partial charge in [-0.25, -0.2) is 4.98 Å². The highest BCUT2D eigenvalue weighted by Crippen LogP contribution is 2.38. The highest BCUT2D eigenvalue weighted by atomic mass is 15.0. The van der Waals surface area contributed by atoms with E-state index in [1.165, 1.54) is 44.2 Å². The van der Waals surface area contributed by atoms with Crippen molar-refractivity contribution >= 4 is 0 Å². The minimum atomic E-state index is -0.166. The van der Waals surface area contributed by atoms with Crippen LogP contribution in [0.25, 0.3) is 0 Å². The molecule has 0 saturated heterocycles. The highest BCUT2D eigenvalue weighted by Gasteiger charge is 2.33. The Hall–Kier alpha value is -0.830. The van der Waals surface area contributed by atoms with Gasteiger partial charge in [0.15, 0.2) is 0 Å². The maximum atomic E-state index is 6.46. The average molecular weight is 219 g/mol. The van der Waals surface area contributed by atoms with Gasteiger partial charge in [-0.2, -0.15) is 0 Å². The molecule has 3 N–H and O–H groups in total. The minimum absolute atomic E-state index is 0.166. The molecule has 3 rings (SSSR count). The standard InChI is InChI=1S/C13H21N3/c14-13(7-2-1-3-8-13)12-15-9-11(16-12)10-5-4-6-10/h9-10H,1-8,14H2,(H,15,16). The van der Waals surface area contributed by atoms with Crippen LogP contribution in [0.4, 0.5) is 0 Å². The van der Waals surface area contributed by atoms with E-state index in [0.29, 0.717) is 0 Å². The van der Waals surface area contributed by atoms with Crippen LogP contribution in [0.15, 0.2) is 6.20 Å². The van der Waals surface area contributed by atoms with Gasteiger partial charge in [0.05, 0.1) is 5.54 Å². The van der Waals surface area contributed by atoms with Gasteiger partial charge in [0.25, 0.3) is 0 Å². The second-order valence-corrected chi connectivity index (χ2v) is 5.53. The summed E-state index contributed by atoms with van der Waals surface area (Å²) in [6.45, 7) is 0. The van der Waals surface area contributed by atoms with Crippen LogP contribution in [-0.2, 0) is 5.54 Å². The Morgan fingerprint density at radius 1 is 1.19 bits per heavy atom. The largest absolute Gasteiger partial charge is 0.344 e. The monoisotopic (exact) mass is 219 g/mol. The van der Waals surface area contributed by atoms with E-state index in [2.05, 4.69) is 9.97 Å². The smallest absolute Gasteiger partial charge is 0.126 e. The number of rotatable bonds is 2. The summed E-state index contributed by atoms with van der Waals surface area (Å²) < 4.78 is 0. The van der Waals surface area contributed by atoms with Gasteiger partial charge < -0.3 is 10.7 Å². The van der Waals surface area contributed by atoms with Crippen LogP contribution in [0.2, 0.25) is 0 Å². The second-order valence-electron chi connectivity index (χ2n) is 5.53. The zero-order valence-corrected chi connectivity index (χ0v) is 9.84. The second kappa shape index (κ2) is 3.88. The summed E-state index contributed by atoms with van der Waals surface area (Å²) in [4.78, 5) is 8.02. The quantitative estimate of drug-likeness (QED) is 0.803. The molecule has 0 aliphatic heterocycles. The number of nitrogens with one attached hydrogen (secondary N) is 1. The van der Waals surface area contributed by atoms with Crippen molar-refractivity contribution in [3.05, 3.63) is 17.7 Å². The molecule has 2 aliphatic carbocycles. The van der Waals surface area contributed by atoms with Crippen LogP contribution in [0.1, 0.15) is 68.8 Å². The van der Waals surface area contributed by atoms with Crippen molar-refractivity contribution < 1.29 is 0 Å². The van der Waals surface area contributed by atoms with Crippen molar-refractivity contribution in [3.8, 4) is 0 Å². The lowest BCUT2D eigenvalue weighted by Crippen LogP contribution is -2.39. The van der Waals surface area contributed by atoms with Gasteiger partial charge >= 0.3 is 0 Å².